The molecular weight excluding hydrogens is 450 g/mol. The number of aliphatic hydroxyl groups excluding tert-OH is 3. The lowest BCUT2D eigenvalue weighted by Gasteiger charge is -2.44. The van der Waals surface area contributed by atoms with Gasteiger partial charge < -0.3 is 19.7 Å². The average molecular weight is 494 g/mol. The quantitative estimate of drug-likeness (QED) is 0.442. The molecule has 4 aliphatic rings. The Bertz CT molecular complexity index is 1080. The summed E-state index contributed by atoms with van der Waals surface area (Å²) >= 11 is 0. The van der Waals surface area contributed by atoms with Gasteiger partial charge in [0, 0.05) is 6.42 Å². The Labute approximate surface area is 215 Å². The van der Waals surface area contributed by atoms with Crippen molar-refractivity contribution >= 4 is 0 Å². The molecule has 1 aromatic heterocycles. The van der Waals surface area contributed by atoms with E-state index in [9.17, 15) is 15.3 Å². The molecule has 5 heteroatoms. The van der Waals surface area contributed by atoms with Gasteiger partial charge in [-0.25, -0.2) is 4.98 Å². The van der Waals surface area contributed by atoms with E-state index >= 15 is 0 Å². The van der Waals surface area contributed by atoms with E-state index in [4.69, 9.17) is 4.42 Å². The Hall–Kier alpha value is -1.95. The molecule has 0 saturated heterocycles. The number of nitrogens with zero attached hydrogens (tertiary/aromatic N) is 1. The smallest absolute Gasteiger partial charge is 0.203 e. The predicted octanol–water partition coefficient (Wildman–Crippen LogP) is 5.71. The highest BCUT2D eigenvalue weighted by Crippen LogP contribution is 2.59. The third kappa shape index (κ3) is 4.59. The number of aromatic nitrogens is 1. The Morgan fingerprint density at radius 2 is 1.94 bits per heavy atom. The monoisotopic (exact) mass is 493 g/mol. The standard InChI is InChI=1S/C31H43NO4/c1-19(7-12-28(35)31(14-15-31)29-32-18-20(2)36-29)25-10-11-26-22(6-5-13-30(25,26)4)8-9-23-16-24(33)17-27(34)21(23)3/h7-9,12,18-19,24-28,33-35H,3,5-6,10-11,13-17H2,1-2,4H3/b12-7+,22-8+,23-9-/t19-,24-,25-,26+,27+,28+,30-/m1/s1. The van der Waals surface area contributed by atoms with Gasteiger partial charge in [0.1, 0.15) is 5.76 Å². The molecule has 5 rings (SSSR count). The Balaban J connectivity index is 1.29. The number of oxazole rings is 1. The topological polar surface area (TPSA) is 86.7 Å². The molecule has 0 aromatic carbocycles. The van der Waals surface area contributed by atoms with Crippen LogP contribution in [0.3, 0.4) is 0 Å². The molecule has 36 heavy (non-hydrogen) atoms. The number of allylic oxidation sites excluding steroid dienone is 4. The number of fused-ring (bicyclic) bond motifs is 1. The van der Waals surface area contributed by atoms with Gasteiger partial charge in [-0.15, -0.1) is 0 Å². The highest BCUT2D eigenvalue weighted by atomic mass is 16.4. The average Bonchev–Trinajstić information content (AvgIpc) is 3.41. The van der Waals surface area contributed by atoms with Crippen molar-refractivity contribution in [3.8, 4) is 0 Å². The van der Waals surface area contributed by atoms with Gasteiger partial charge in [-0.2, -0.15) is 0 Å². The van der Waals surface area contributed by atoms with E-state index in [0.29, 0.717) is 36.5 Å². The van der Waals surface area contributed by atoms with Crippen molar-refractivity contribution in [3.63, 3.8) is 0 Å². The molecule has 4 aliphatic carbocycles. The van der Waals surface area contributed by atoms with Crippen molar-refractivity contribution in [2.45, 2.75) is 102 Å². The van der Waals surface area contributed by atoms with E-state index in [1.807, 2.05) is 13.0 Å². The van der Waals surface area contributed by atoms with Crippen molar-refractivity contribution in [1.82, 2.24) is 4.98 Å². The molecule has 1 heterocycles. The van der Waals surface area contributed by atoms with Crippen LogP contribution in [0.15, 0.2) is 58.2 Å². The van der Waals surface area contributed by atoms with E-state index in [-0.39, 0.29) is 10.8 Å². The maximum atomic E-state index is 11.0. The molecule has 5 nitrogen and oxygen atoms in total. The van der Waals surface area contributed by atoms with Crippen LogP contribution in [0.1, 0.15) is 83.3 Å². The van der Waals surface area contributed by atoms with Crippen molar-refractivity contribution < 1.29 is 19.7 Å². The summed E-state index contributed by atoms with van der Waals surface area (Å²) in [4.78, 5) is 4.41. The summed E-state index contributed by atoms with van der Waals surface area (Å²) in [5.41, 5.74) is 3.15. The molecule has 0 unspecified atom stereocenters. The van der Waals surface area contributed by atoms with Crippen LogP contribution in [0.5, 0.6) is 0 Å². The predicted molar refractivity (Wildman–Crippen MR) is 141 cm³/mol. The molecule has 196 valence electrons. The third-order valence-electron chi connectivity index (χ3n) is 9.94. The van der Waals surface area contributed by atoms with Crippen LogP contribution in [0, 0.1) is 30.1 Å². The Morgan fingerprint density at radius 3 is 2.64 bits per heavy atom. The molecule has 0 spiro atoms. The van der Waals surface area contributed by atoms with Crippen molar-refractivity contribution in [2.75, 3.05) is 0 Å². The fourth-order valence-corrected chi connectivity index (χ4v) is 7.56. The van der Waals surface area contributed by atoms with Crippen LogP contribution >= 0.6 is 0 Å². The number of aliphatic hydroxyl groups is 3. The number of hydrogen-bond donors (Lipinski definition) is 3. The molecule has 4 fully saturated rings. The molecule has 0 bridgehead atoms. The first-order chi connectivity index (χ1) is 17.1. The van der Waals surface area contributed by atoms with Gasteiger partial charge in [0.2, 0.25) is 5.89 Å². The summed E-state index contributed by atoms with van der Waals surface area (Å²) in [7, 11) is 0. The lowest BCUT2D eigenvalue weighted by molar-refractivity contribution is 0.0862. The van der Waals surface area contributed by atoms with Gasteiger partial charge in [0.15, 0.2) is 0 Å². The summed E-state index contributed by atoms with van der Waals surface area (Å²) in [5, 5.41) is 31.3. The van der Waals surface area contributed by atoms with E-state index in [1.165, 1.54) is 31.3 Å². The largest absolute Gasteiger partial charge is 0.445 e. The van der Waals surface area contributed by atoms with Crippen molar-refractivity contribution in [1.29, 1.82) is 0 Å². The highest BCUT2D eigenvalue weighted by Gasteiger charge is 2.54. The first-order valence-electron chi connectivity index (χ1n) is 13.9. The molecule has 3 N–H and O–H groups in total. The number of rotatable bonds is 6. The lowest BCUT2D eigenvalue weighted by atomic mass is 9.61. The van der Waals surface area contributed by atoms with E-state index in [2.05, 4.69) is 43.6 Å². The van der Waals surface area contributed by atoms with Gasteiger partial charge in [0.25, 0.3) is 0 Å². The third-order valence-corrected chi connectivity index (χ3v) is 9.94. The van der Waals surface area contributed by atoms with E-state index in [1.54, 1.807) is 6.20 Å². The van der Waals surface area contributed by atoms with Crippen molar-refractivity contribution in [3.05, 3.63) is 65.5 Å². The molecule has 0 radical (unpaired) electrons. The second-order valence-corrected chi connectivity index (χ2v) is 12.3. The van der Waals surface area contributed by atoms with Crippen LogP contribution < -0.4 is 0 Å². The second kappa shape index (κ2) is 9.74. The highest BCUT2D eigenvalue weighted by molar-refractivity contribution is 5.38. The van der Waals surface area contributed by atoms with Gasteiger partial charge >= 0.3 is 0 Å². The van der Waals surface area contributed by atoms with E-state index < -0.39 is 18.3 Å². The normalized spacial score (nSPS) is 38.0. The maximum Gasteiger partial charge on any atom is 0.203 e. The molecule has 7 atom stereocenters. The molecule has 1 aromatic rings. The van der Waals surface area contributed by atoms with Crippen molar-refractivity contribution in [2.24, 2.45) is 23.2 Å². The summed E-state index contributed by atoms with van der Waals surface area (Å²) < 4.78 is 5.77. The first kappa shape index (κ1) is 25.7. The number of aryl methyl sites for hydroxylation is 1. The molecular formula is C31H43NO4. The Kier molecular flexibility index (Phi) is 6.95. The summed E-state index contributed by atoms with van der Waals surface area (Å²) in [6, 6.07) is 0. The summed E-state index contributed by atoms with van der Waals surface area (Å²) in [5.74, 6) is 3.00. The van der Waals surface area contributed by atoms with Gasteiger partial charge in [-0.1, -0.05) is 50.3 Å². The van der Waals surface area contributed by atoms with Gasteiger partial charge in [0.05, 0.1) is 29.9 Å². The second-order valence-electron chi connectivity index (χ2n) is 12.3. The minimum absolute atomic E-state index is 0.247. The zero-order chi connectivity index (χ0) is 25.7. The van der Waals surface area contributed by atoms with Crippen LogP contribution in [-0.2, 0) is 5.41 Å². The zero-order valence-electron chi connectivity index (χ0n) is 22.1. The van der Waals surface area contributed by atoms with Crippen LogP contribution in [0.4, 0.5) is 0 Å². The summed E-state index contributed by atoms with van der Waals surface area (Å²) in [6.07, 6.45) is 17.4. The SMILES string of the molecule is C=C1/C(=C\C=C2/CCC[C@]3(C)[C@@H]([C@H](C)/C=C/[C@H](O)C4(c5ncc(C)o5)CC4)CC[C@@H]23)C[C@@H](O)C[C@@H]1O. The molecule has 0 amide bonds. The minimum Gasteiger partial charge on any atom is -0.445 e. The Morgan fingerprint density at radius 1 is 1.17 bits per heavy atom. The lowest BCUT2D eigenvalue weighted by Crippen LogP contribution is -2.35. The molecule has 4 saturated carbocycles. The van der Waals surface area contributed by atoms with Gasteiger partial charge in [-0.3, -0.25) is 0 Å². The molecule has 0 aliphatic heterocycles. The van der Waals surface area contributed by atoms with Gasteiger partial charge in [-0.05, 0) is 92.6 Å². The zero-order valence-corrected chi connectivity index (χ0v) is 22.1. The van der Waals surface area contributed by atoms with Crippen LogP contribution in [-0.4, -0.2) is 38.6 Å². The summed E-state index contributed by atoms with van der Waals surface area (Å²) in [6.45, 7) is 10.8. The van der Waals surface area contributed by atoms with E-state index in [0.717, 1.165) is 36.2 Å². The first-order valence-corrected chi connectivity index (χ1v) is 13.9. The maximum absolute atomic E-state index is 11.0. The van der Waals surface area contributed by atoms with Crippen LogP contribution in [0.2, 0.25) is 0 Å². The fraction of sp³-hybridized carbons (Fsp3) is 0.645. The fourth-order valence-electron chi connectivity index (χ4n) is 7.56. The van der Waals surface area contributed by atoms with Crippen LogP contribution in [0.25, 0.3) is 0 Å². The number of hydrogen-bond acceptors (Lipinski definition) is 5. The minimum atomic E-state index is -0.642.